The lowest BCUT2D eigenvalue weighted by molar-refractivity contribution is -0.141. The van der Waals surface area contributed by atoms with E-state index < -0.39 is 12.0 Å². The zero-order chi connectivity index (χ0) is 13.7. The second-order valence-corrected chi connectivity index (χ2v) is 5.29. The number of aliphatic carboxylic acids is 1. The number of nitrogens with zero attached hydrogens (tertiary/aromatic N) is 2. The third kappa shape index (κ3) is 3.60. The van der Waals surface area contributed by atoms with Gasteiger partial charge in [0.25, 0.3) is 0 Å². The van der Waals surface area contributed by atoms with E-state index in [0.29, 0.717) is 18.8 Å². The number of thioether (sulfide) groups is 1. The maximum atomic E-state index is 12.0. The van der Waals surface area contributed by atoms with Crippen molar-refractivity contribution in [1.29, 1.82) is 0 Å². The summed E-state index contributed by atoms with van der Waals surface area (Å²) >= 11 is 1.56. The number of amides is 2. The van der Waals surface area contributed by atoms with Gasteiger partial charge in [-0.2, -0.15) is 11.8 Å². The van der Waals surface area contributed by atoms with Crippen LogP contribution in [-0.2, 0) is 11.3 Å². The predicted octanol–water partition coefficient (Wildman–Crippen LogP) is 0.793. The summed E-state index contributed by atoms with van der Waals surface area (Å²) in [5.41, 5.74) is 0.932. The minimum atomic E-state index is -0.953. The van der Waals surface area contributed by atoms with Gasteiger partial charge in [0.15, 0.2) is 0 Å². The van der Waals surface area contributed by atoms with E-state index in [-0.39, 0.29) is 6.03 Å². The van der Waals surface area contributed by atoms with Gasteiger partial charge in [0.05, 0.1) is 0 Å². The van der Waals surface area contributed by atoms with Crippen molar-refractivity contribution in [3.63, 3.8) is 0 Å². The Labute approximate surface area is 115 Å². The van der Waals surface area contributed by atoms with Crippen LogP contribution < -0.4 is 5.32 Å². The molecule has 2 N–H and O–H groups in total. The Morgan fingerprint density at radius 1 is 1.47 bits per heavy atom. The smallest absolute Gasteiger partial charge is 0.327 e. The Bertz CT molecular complexity index is 455. The second kappa shape index (κ2) is 6.42. The number of carbonyl (C=O) groups excluding carboxylic acids is 1. The Hall–Kier alpha value is -1.76. The Morgan fingerprint density at radius 2 is 2.21 bits per heavy atom. The predicted molar refractivity (Wildman–Crippen MR) is 71.9 cm³/mol. The van der Waals surface area contributed by atoms with Crippen molar-refractivity contribution in [3.05, 3.63) is 30.1 Å². The third-order valence-corrected chi connectivity index (χ3v) is 3.89. The first-order valence-corrected chi connectivity index (χ1v) is 7.08. The number of carboxylic acid groups (broad SMARTS) is 1. The zero-order valence-electron chi connectivity index (χ0n) is 10.3. The summed E-state index contributed by atoms with van der Waals surface area (Å²) in [6, 6.07) is 2.54. The Kier molecular flexibility index (Phi) is 4.62. The summed E-state index contributed by atoms with van der Waals surface area (Å²) in [5, 5.41) is 11.8. The van der Waals surface area contributed by atoms with Gasteiger partial charge in [-0.1, -0.05) is 0 Å². The van der Waals surface area contributed by atoms with E-state index >= 15 is 0 Å². The molecule has 2 heterocycles. The number of urea groups is 1. The highest BCUT2D eigenvalue weighted by Crippen LogP contribution is 2.16. The fourth-order valence-corrected chi connectivity index (χ4v) is 2.87. The van der Waals surface area contributed by atoms with Crippen molar-refractivity contribution in [2.75, 3.05) is 18.1 Å². The monoisotopic (exact) mass is 281 g/mol. The van der Waals surface area contributed by atoms with Crippen LogP contribution in [0.4, 0.5) is 4.79 Å². The molecule has 2 amide bonds. The van der Waals surface area contributed by atoms with Crippen molar-refractivity contribution < 1.29 is 14.7 Å². The lowest BCUT2D eigenvalue weighted by atomic mass is 10.2. The van der Waals surface area contributed by atoms with Crippen LogP contribution in [0.2, 0.25) is 0 Å². The van der Waals surface area contributed by atoms with Gasteiger partial charge in [0, 0.05) is 37.0 Å². The average Bonchev–Trinajstić information content (AvgIpc) is 2.46. The molecule has 1 unspecified atom stereocenters. The first-order chi connectivity index (χ1) is 9.18. The highest BCUT2D eigenvalue weighted by Gasteiger charge is 2.32. The summed E-state index contributed by atoms with van der Waals surface area (Å²) in [7, 11) is 0. The van der Waals surface area contributed by atoms with Gasteiger partial charge in [0.2, 0.25) is 0 Å². The van der Waals surface area contributed by atoms with E-state index in [2.05, 4.69) is 10.3 Å². The lowest BCUT2D eigenvalue weighted by Crippen LogP contribution is -2.53. The molecule has 0 radical (unpaired) electrons. The van der Waals surface area contributed by atoms with Crippen LogP contribution in [-0.4, -0.2) is 51.1 Å². The molecule has 0 aliphatic carbocycles. The van der Waals surface area contributed by atoms with Crippen LogP contribution in [0.1, 0.15) is 5.56 Å². The average molecular weight is 281 g/mol. The van der Waals surface area contributed by atoms with E-state index in [9.17, 15) is 9.59 Å². The summed E-state index contributed by atoms with van der Waals surface area (Å²) in [6.07, 6.45) is 3.30. The molecule has 1 fully saturated rings. The van der Waals surface area contributed by atoms with Crippen molar-refractivity contribution in [1.82, 2.24) is 15.2 Å². The quantitative estimate of drug-likeness (QED) is 0.856. The van der Waals surface area contributed by atoms with Gasteiger partial charge in [0.1, 0.15) is 6.04 Å². The first kappa shape index (κ1) is 13.7. The van der Waals surface area contributed by atoms with Crippen LogP contribution in [0, 0.1) is 0 Å². The topological polar surface area (TPSA) is 82.5 Å². The van der Waals surface area contributed by atoms with Gasteiger partial charge >= 0.3 is 12.0 Å². The maximum absolute atomic E-state index is 12.0. The van der Waals surface area contributed by atoms with Gasteiger partial charge in [-0.3, -0.25) is 4.98 Å². The molecule has 1 atom stereocenters. The van der Waals surface area contributed by atoms with Crippen LogP contribution in [0.15, 0.2) is 24.5 Å². The lowest BCUT2D eigenvalue weighted by Gasteiger charge is -2.32. The minimum Gasteiger partial charge on any atom is -0.480 e. The summed E-state index contributed by atoms with van der Waals surface area (Å²) < 4.78 is 0. The van der Waals surface area contributed by atoms with Crippen molar-refractivity contribution >= 4 is 23.8 Å². The number of rotatable bonds is 3. The SMILES string of the molecule is O=C(O)C1CSCCN1C(=O)NCc1ccncc1. The highest BCUT2D eigenvalue weighted by molar-refractivity contribution is 7.99. The highest BCUT2D eigenvalue weighted by atomic mass is 32.2. The molecule has 2 rings (SSSR count). The number of nitrogens with one attached hydrogen (secondary N) is 1. The largest absolute Gasteiger partial charge is 0.480 e. The fraction of sp³-hybridized carbons (Fsp3) is 0.417. The molecule has 7 heteroatoms. The molecule has 1 aliphatic rings. The first-order valence-electron chi connectivity index (χ1n) is 5.92. The molecule has 0 aromatic carbocycles. The van der Waals surface area contributed by atoms with Gasteiger partial charge < -0.3 is 15.3 Å². The van der Waals surface area contributed by atoms with E-state index in [0.717, 1.165) is 11.3 Å². The standard InChI is InChI=1S/C12H15N3O3S/c16-11(17)10-8-19-6-5-15(10)12(18)14-7-9-1-3-13-4-2-9/h1-4,10H,5-8H2,(H,14,18)(H,16,17). The molecule has 102 valence electrons. The van der Waals surface area contributed by atoms with E-state index in [1.54, 1.807) is 36.3 Å². The van der Waals surface area contributed by atoms with Gasteiger partial charge in [-0.25, -0.2) is 9.59 Å². The number of pyridine rings is 1. The van der Waals surface area contributed by atoms with Crippen molar-refractivity contribution in [2.24, 2.45) is 0 Å². The molecule has 0 saturated carbocycles. The molecular weight excluding hydrogens is 266 g/mol. The van der Waals surface area contributed by atoms with E-state index in [4.69, 9.17) is 5.11 Å². The number of hydrogen-bond donors (Lipinski definition) is 2. The molecule has 6 nitrogen and oxygen atoms in total. The normalized spacial score (nSPS) is 18.9. The Balaban J connectivity index is 1.93. The van der Waals surface area contributed by atoms with Gasteiger partial charge in [-0.15, -0.1) is 0 Å². The molecule has 19 heavy (non-hydrogen) atoms. The third-order valence-electron chi connectivity index (χ3n) is 2.87. The molecule has 1 saturated heterocycles. The zero-order valence-corrected chi connectivity index (χ0v) is 11.1. The molecule has 1 aliphatic heterocycles. The Morgan fingerprint density at radius 3 is 2.89 bits per heavy atom. The summed E-state index contributed by atoms with van der Waals surface area (Å²) in [5.74, 6) is 0.260. The number of hydrogen-bond acceptors (Lipinski definition) is 4. The van der Waals surface area contributed by atoms with Crippen LogP contribution in [0.25, 0.3) is 0 Å². The molecule has 1 aromatic heterocycles. The molecular formula is C12H15N3O3S. The number of carbonyl (C=O) groups is 2. The van der Waals surface area contributed by atoms with E-state index in [1.165, 1.54) is 4.90 Å². The number of aromatic nitrogens is 1. The van der Waals surface area contributed by atoms with Gasteiger partial charge in [-0.05, 0) is 17.7 Å². The molecule has 1 aromatic rings. The number of carboxylic acids is 1. The van der Waals surface area contributed by atoms with E-state index in [1.807, 2.05) is 0 Å². The summed E-state index contributed by atoms with van der Waals surface area (Å²) in [4.78, 5) is 28.4. The van der Waals surface area contributed by atoms with Crippen LogP contribution in [0.3, 0.4) is 0 Å². The molecule has 0 spiro atoms. The van der Waals surface area contributed by atoms with Crippen molar-refractivity contribution in [2.45, 2.75) is 12.6 Å². The van der Waals surface area contributed by atoms with Crippen LogP contribution in [0.5, 0.6) is 0 Å². The minimum absolute atomic E-state index is 0.329. The summed E-state index contributed by atoms with van der Waals surface area (Å²) in [6.45, 7) is 0.834. The van der Waals surface area contributed by atoms with Crippen LogP contribution >= 0.6 is 11.8 Å². The van der Waals surface area contributed by atoms with Crippen molar-refractivity contribution in [3.8, 4) is 0 Å². The second-order valence-electron chi connectivity index (χ2n) is 4.14. The molecule has 0 bridgehead atoms. The fourth-order valence-electron chi connectivity index (χ4n) is 1.83. The maximum Gasteiger partial charge on any atom is 0.327 e.